The molecule has 0 saturated carbocycles. The number of unbranched alkanes of at least 4 members (excludes halogenated alkanes) is 1. The molecule has 162 valence electrons. The van der Waals surface area contributed by atoms with Gasteiger partial charge < -0.3 is 20.5 Å². The van der Waals surface area contributed by atoms with E-state index < -0.39 is 11.3 Å². The largest absolute Gasteiger partial charge is 0.364 e. The zero-order valence-corrected chi connectivity index (χ0v) is 18.4. The van der Waals surface area contributed by atoms with Crippen LogP contribution in [-0.4, -0.2) is 45.5 Å². The molecule has 0 aromatic rings. The molecule has 29 heavy (non-hydrogen) atoms. The second-order valence-corrected chi connectivity index (χ2v) is 9.19. The van der Waals surface area contributed by atoms with Crippen molar-refractivity contribution in [2.24, 2.45) is 0 Å². The Kier molecular flexibility index (Phi) is 8.55. The molecule has 0 radical (unpaired) electrons. The van der Waals surface area contributed by atoms with Crippen LogP contribution in [0.4, 0.5) is 4.79 Å². The number of hydrogen-bond donors (Lipinski definition) is 3. The monoisotopic (exact) mass is 422 g/mol. The number of thioether (sulfide) groups is 1. The van der Waals surface area contributed by atoms with Gasteiger partial charge in [-0.15, -0.1) is 13.2 Å². The van der Waals surface area contributed by atoms with Crippen LogP contribution in [-0.2, 0) is 9.53 Å². The van der Waals surface area contributed by atoms with Crippen molar-refractivity contribution in [1.82, 2.24) is 10.6 Å². The van der Waals surface area contributed by atoms with Gasteiger partial charge in [0.25, 0.3) is 5.24 Å². The third kappa shape index (κ3) is 6.46. The number of allylic oxidation sites excluding steroid dienone is 3. The van der Waals surface area contributed by atoms with Gasteiger partial charge in [0.15, 0.2) is 5.79 Å². The van der Waals surface area contributed by atoms with Crippen molar-refractivity contribution in [2.75, 3.05) is 5.75 Å². The van der Waals surface area contributed by atoms with Gasteiger partial charge in [-0.05, 0) is 52.4 Å². The van der Waals surface area contributed by atoms with E-state index in [1.54, 1.807) is 13.0 Å². The van der Waals surface area contributed by atoms with Crippen molar-refractivity contribution in [2.45, 2.75) is 82.3 Å². The lowest BCUT2D eigenvalue weighted by Crippen LogP contribution is -2.67. The SMILES string of the molecule is C=CCCCC1C[C@@H](NC(=O)/C=C(/C)CCC=C)C[C@](O)([C@]2(C)CSC(=O)N2)O1. The van der Waals surface area contributed by atoms with E-state index in [9.17, 15) is 14.7 Å². The molecule has 2 saturated heterocycles. The Balaban J connectivity index is 2.11. The summed E-state index contributed by atoms with van der Waals surface area (Å²) in [5.41, 5.74) is 0.0866. The third-order valence-corrected chi connectivity index (χ3v) is 6.65. The lowest BCUT2D eigenvalue weighted by atomic mass is 9.82. The van der Waals surface area contributed by atoms with Crippen LogP contribution in [0.2, 0.25) is 0 Å². The highest BCUT2D eigenvalue weighted by atomic mass is 32.2. The molecule has 0 spiro atoms. The first-order valence-corrected chi connectivity index (χ1v) is 11.2. The van der Waals surface area contributed by atoms with E-state index in [2.05, 4.69) is 23.8 Å². The molecule has 0 aliphatic carbocycles. The number of hydrogen-bond acceptors (Lipinski definition) is 5. The Bertz CT molecular complexity index is 665. The first-order chi connectivity index (χ1) is 13.7. The highest BCUT2D eigenvalue weighted by Crippen LogP contribution is 2.41. The summed E-state index contributed by atoms with van der Waals surface area (Å²) < 4.78 is 6.12. The number of aliphatic hydroxyl groups is 1. The number of amides is 2. The fraction of sp³-hybridized carbons (Fsp3) is 0.636. The highest BCUT2D eigenvalue weighted by Gasteiger charge is 2.56. The van der Waals surface area contributed by atoms with Crippen LogP contribution in [0.25, 0.3) is 0 Å². The summed E-state index contributed by atoms with van der Waals surface area (Å²) in [5.74, 6) is -1.29. The number of rotatable bonds is 10. The predicted molar refractivity (Wildman–Crippen MR) is 118 cm³/mol. The normalized spacial score (nSPS) is 32.5. The third-order valence-electron chi connectivity index (χ3n) is 5.57. The second kappa shape index (κ2) is 10.5. The van der Waals surface area contributed by atoms with Crippen molar-refractivity contribution in [3.8, 4) is 0 Å². The maximum atomic E-state index is 12.5. The number of ether oxygens (including phenoxy) is 1. The predicted octanol–water partition coefficient (Wildman–Crippen LogP) is 3.82. The minimum atomic E-state index is -1.54. The molecule has 2 amide bonds. The first-order valence-electron chi connectivity index (χ1n) is 10.3. The number of nitrogens with one attached hydrogen (secondary N) is 2. The van der Waals surface area contributed by atoms with Gasteiger partial charge in [-0.25, -0.2) is 0 Å². The molecule has 2 aliphatic heterocycles. The van der Waals surface area contributed by atoms with Gasteiger partial charge in [-0.1, -0.05) is 29.5 Å². The quantitative estimate of drug-likeness (QED) is 0.283. The van der Waals surface area contributed by atoms with Crippen LogP contribution < -0.4 is 10.6 Å². The summed E-state index contributed by atoms with van der Waals surface area (Å²) in [7, 11) is 0. The molecule has 0 bridgehead atoms. The van der Waals surface area contributed by atoms with E-state index in [1.165, 1.54) is 0 Å². The summed E-state index contributed by atoms with van der Waals surface area (Å²) in [4.78, 5) is 24.3. The van der Waals surface area contributed by atoms with Crippen LogP contribution in [0, 0.1) is 0 Å². The molecule has 7 heteroatoms. The molecule has 0 aromatic carbocycles. The molecule has 2 rings (SSSR count). The molecule has 4 atom stereocenters. The van der Waals surface area contributed by atoms with E-state index in [0.29, 0.717) is 12.2 Å². The van der Waals surface area contributed by atoms with Crippen molar-refractivity contribution in [3.63, 3.8) is 0 Å². The lowest BCUT2D eigenvalue weighted by molar-refractivity contribution is -0.289. The van der Waals surface area contributed by atoms with Crippen molar-refractivity contribution < 1.29 is 19.4 Å². The van der Waals surface area contributed by atoms with E-state index in [0.717, 1.165) is 49.4 Å². The van der Waals surface area contributed by atoms with Crippen molar-refractivity contribution in [1.29, 1.82) is 0 Å². The van der Waals surface area contributed by atoms with E-state index in [-0.39, 0.29) is 29.7 Å². The molecule has 2 heterocycles. The molecule has 2 aliphatic rings. The topological polar surface area (TPSA) is 87.7 Å². The summed E-state index contributed by atoms with van der Waals surface area (Å²) >= 11 is 1.14. The molecular formula is C22H34N2O4S. The van der Waals surface area contributed by atoms with E-state index >= 15 is 0 Å². The fourth-order valence-electron chi connectivity index (χ4n) is 3.82. The van der Waals surface area contributed by atoms with Crippen LogP contribution in [0.3, 0.4) is 0 Å². The minimum Gasteiger partial charge on any atom is -0.364 e. The highest BCUT2D eigenvalue weighted by molar-refractivity contribution is 8.14. The Labute approximate surface area is 178 Å². The smallest absolute Gasteiger partial charge is 0.279 e. The van der Waals surface area contributed by atoms with Gasteiger partial charge in [0.2, 0.25) is 5.91 Å². The Morgan fingerprint density at radius 2 is 2.14 bits per heavy atom. The standard InChI is InChI=1S/C22H34N2O4S/c1-5-7-9-11-18-13-17(23-19(25)12-16(3)10-8-6-2)14-22(27,28-18)21(4)15-29-20(26)24-21/h5-6,12,17-18,27H,1-2,7-11,13-15H2,3-4H3,(H,23,25)(H,24,26)/b16-12-/t17-,18?,21+,22-/m1/s1. The molecule has 3 N–H and O–H groups in total. The van der Waals surface area contributed by atoms with Gasteiger partial charge >= 0.3 is 0 Å². The Morgan fingerprint density at radius 1 is 1.41 bits per heavy atom. The number of carbonyl (C=O) groups is 2. The number of carbonyl (C=O) groups excluding carboxylic acids is 2. The van der Waals surface area contributed by atoms with Crippen LogP contribution in [0.15, 0.2) is 37.0 Å². The van der Waals surface area contributed by atoms with Gasteiger partial charge in [-0.2, -0.15) is 0 Å². The zero-order valence-electron chi connectivity index (χ0n) is 17.5. The van der Waals surface area contributed by atoms with Gasteiger partial charge in [0, 0.05) is 24.3 Å². The molecular weight excluding hydrogens is 388 g/mol. The van der Waals surface area contributed by atoms with Gasteiger partial charge in [-0.3, -0.25) is 9.59 Å². The van der Waals surface area contributed by atoms with Gasteiger partial charge in [0.05, 0.1) is 6.10 Å². The Hall–Kier alpha value is -1.57. The van der Waals surface area contributed by atoms with Crippen LogP contribution >= 0.6 is 11.8 Å². The van der Waals surface area contributed by atoms with E-state index in [1.807, 2.05) is 19.1 Å². The van der Waals surface area contributed by atoms with Crippen LogP contribution in [0.5, 0.6) is 0 Å². The first kappa shape index (κ1) is 23.7. The van der Waals surface area contributed by atoms with Gasteiger partial charge in [0.1, 0.15) is 5.54 Å². The van der Waals surface area contributed by atoms with Crippen molar-refractivity contribution in [3.05, 3.63) is 37.0 Å². The molecule has 1 unspecified atom stereocenters. The van der Waals surface area contributed by atoms with Crippen LogP contribution in [0.1, 0.15) is 58.8 Å². The summed E-state index contributed by atoms with van der Waals surface area (Å²) in [6.07, 6.45) is 10.1. The van der Waals surface area contributed by atoms with Crippen molar-refractivity contribution >= 4 is 22.9 Å². The maximum absolute atomic E-state index is 12.5. The second-order valence-electron chi connectivity index (χ2n) is 8.24. The average Bonchev–Trinajstić information content (AvgIpc) is 3.00. The summed E-state index contributed by atoms with van der Waals surface area (Å²) in [6.45, 7) is 11.2. The molecule has 0 aromatic heterocycles. The fourth-order valence-corrected chi connectivity index (χ4v) is 4.84. The Morgan fingerprint density at radius 3 is 2.76 bits per heavy atom. The molecule has 2 fully saturated rings. The maximum Gasteiger partial charge on any atom is 0.279 e. The summed E-state index contributed by atoms with van der Waals surface area (Å²) in [6, 6.07) is -0.238. The van der Waals surface area contributed by atoms with E-state index in [4.69, 9.17) is 4.74 Å². The zero-order chi connectivity index (χ0) is 21.5. The average molecular weight is 423 g/mol. The minimum absolute atomic E-state index is 0.166. The molecule has 6 nitrogen and oxygen atoms in total. The lowest BCUT2D eigenvalue weighted by Gasteiger charge is -2.49. The summed E-state index contributed by atoms with van der Waals surface area (Å²) in [5, 5.41) is 17.1.